The van der Waals surface area contributed by atoms with E-state index in [-0.39, 0.29) is 11.8 Å². The first kappa shape index (κ1) is 10.2. The van der Waals surface area contributed by atoms with Crippen LogP contribution in [0.15, 0.2) is 34.7 Å². The second kappa shape index (κ2) is 3.66. The maximum Gasteiger partial charge on any atom is 0.257 e. The lowest BCUT2D eigenvalue weighted by Gasteiger charge is -2.22. The van der Waals surface area contributed by atoms with Crippen LogP contribution in [0.1, 0.15) is 18.5 Å². The predicted molar refractivity (Wildman–Crippen MR) is 59.2 cm³/mol. The van der Waals surface area contributed by atoms with Gasteiger partial charge in [-0.05, 0) is 12.5 Å². The third-order valence-electron chi connectivity index (χ3n) is 2.24. The van der Waals surface area contributed by atoms with E-state index < -0.39 is 10.0 Å². The van der Waals surface area contributed by atoms with E-state index in [2.05, 4.69) is 9.71 Å². The van der Waals surface area contributed by atoms with Gasteiger partial charge in [-0.25, -0.2) is 8.42 Å². The van der Waals surface area contributed by atoms with E-state index in [1.807, 2.05) is 30.3 Å². The highest BCUT2D eigenvalue weighted by atomic mass is 32.2. The Hall–Kier alpha value is -1.36. The third-order valence-corrected chi connectivity index (χ3v) is 3.54. The van der Waals surface area contributed by atoms with Crippen LogP contribution in [-0.4, -0.2) is 20.0 Å². The molecule has 0 saturated heterocycles. The van der Waals surface area contributed by atoms with Crippen molar-refractivity contribution in [2.75, 3.05) is 5.75 Å². The molecule has 1 heterocycles. The molecule has 1 aliphatic heterocycles. The number of amidine groups is 1. The second-order valence-corrected chi connectivity index (χ2v) is 5.21. The molecule has 1 unspecified atom stereocenters. The van der Waals surface area contributed by atoms with Gasteiger partial charge in [-0.1, -0.05) is 30.3 Å². The van der Waals surface area contributed by atoms with Gasteiger partial charge in [0.15, 0.2) is 0 Å². The zero-order chi connectivity index (χ0) is 10.9. The van der Waals surface area contributed by atoms with E-state index in [9.17, 15) is 8.42 Å². The van der Waals surface area contributed by atoms with Crippen LogP contribution in [-0.2, 0) is 10.0 Å². The Kier molecular flexibility index (Phi) is 2.48. The Morgan fingerprint density at radius 2 is 2.00 bits per heavy atom. The smallest absolute Gasteiger partial charge is 0.257 e. The fraction of sp³-hybridized carbons (Fsp3) is 0.300. The van der Waals surface area contributed by atoms with Gasteiger partial charge in [-0.2, -0.15) is 4.40 Å². The molecule has 0 spiro atoms. The number of hydrogen-bond donors (Lipinski definition) is 1. The van der Waals surface area contributed by atoms with Crippen LogP contribution in [0.3, 0.4) is 0 Å². The molecule has 0 fully saturated rings. The Bertz CT molecular complexity index is 479. The lowest BCUT2D eigenvalue weighted by Crippen LogP contribution is -2.36. The molecule has 0 aromatic heterocycles. The fourth-order valence-electron chi connectivity index (χ4n) is 1.64. The molecule has 0 bridgehead atoms. The van der Waals surface area contributed by atoms with Gasteiger partial charge in [0.2, 0.25) is 0 Å². The highest BCUT2D eigenvalue weighted by Crippen LogP contribution is 2.18. The van der Waals surface area contributed by atoms with Crippen LogP contribution in [0.2, 0.25) is 0 Å². The summed E-state index contributed by atoms with van der Waals surface area (Å²) in [5, 5.41) is 3.06. The Morgan fingerprint density at radius 1 is 1.33 bits per heavy atom. The van der Waals surface area contributed by atoms with Crippen molar-refractivity contribution in [1.29, 1.82) is 0 Å². The molecule has 0 saturated carbocycles. The van der Waals surface area contributed by atoms with E-state index in [1.54, 1.807) is 6.92 Å². The van der Waals surface area contributed by atoms with Gasteiger partial charge in [0.1, 0.15) is 5.84 Å². The lowest BCUT2D eigenvalue weighted by atomic mass is 10.1. The molecular formula is C10H12N2O2S. The largest absolute Gasteiger partial charge is 0.365 e. The molecule has 15 heavy (non-hydrogen) atoms. The van der Waals surface area contributed by atoms with Gasteiger partial charge >= 0.3 is 0 Å². The minimum atomic E-state index is -3.30. The Labute approximate surface area is 89.1 Å². The average molecular weight is 224 g/mol. The molecule has 5 heteroatoms. The van der Waals surface area contributed by atoms with Crippen LogP contribution in [0, 0.1) is 0 Å². The first-order valence-corrected chi connectivity index (χ1v) is 6.28. The minimum absolute atomic E-state index is 0.0222. The molecule has 1 atom stereocenters. The number of nitrogens with one attached hydrogen (secondary N) is 1. The minimum Gasteiger partial charge on any atom is -0.365 e. The summed E-state index contributed by atoms with van der Waals surface area (Å²) in [5.74, 6) is 0.476. The van der Waals surface area contributed by atoms with Crippen molar-refractivity contribution in [3.63, 3.8) is 0 Å². The van der Waals surface area contributed by atoms with E-state index in [0.717, 1.165) is 5.56 Å². The lowest BCUT2D eigenvalue weighted by molar-refractivity contribution is 0.578. The zero-order valence-electron chi connectivity index (χ0n) is 8.34. The fourth-order valence-corrected chi connectivity index (χ4v) is 2.88. The molecule has 1 N–H and O–H groups in total. The van der Waals surface area contributed by atoms with Gasteiger partial charge in [0.05, 0.1) is 11.8 Å². The van der Waals surface area contributed by atoms with Gasteiger partial charge in [-0.15, -0.1) is 0 Å². The maximum absolute atomic E-state index is 11.4. The summed E-state index contributed by atoms with van der Waals surface area (Å²) in [4.78, 5) is 0. The molecule has 0 amide bonds. The summed E-state index contributed by atoms with van der Waals surface area (Å²) in [7, 11) is -3.30. The SMILES string of the molecule is CC1=NS(=O)(=O)CC(c2ccccc2)N1. The van der Waals surface area contributed by atoms with Crippen molar-refractivity contribution in [3.8, 4) is 0 Å². The first-order chi connectivity index (χ1) is 7.07. The summed E-state index contributed by atoms with van der Waals surface area (Å²) in [6.07, 6.45) is 0. The van der Waals surface area contributed by atoms with Crippen molar-refractivity contribution in [2.45, 2.75) is 13.0 Å². The van der Waals surface area contributed by atoms with E-state index >= 15 is 0 Å². The van der Waals surface area contributed by atoms with Gasteiger partial charge in [0.25, 0.3) is 10.0 Å². The van der Waals surface area contributed by atoms with Crippen LogP contribution < -0.4 is 5.32 Å². The molecule has 80 valence electrons. The Morgan fingerprint density at radius 3 is 2.60 bits per heavy atom. The summed E-state index contributed by atoms with van der Waals surface area (Å²) < 4.78 is 26.4. The molecule has 0 aliphatic carbocycles. The van der Waals surface area contributed by atoms with E-state index in [4.69, 9.17) is 0 Å². The third kappa shape index (κ3) is 2.36. The normalized spacial score (nSPS) is 24.1. The van der Waals surface area contributed by atoms with Crippen molar-refractivity contribution in [2.24, 2.45) is 4.40 Å². The standard InChI is InChI=1S/C10H12N2O2S/c1-8-11-10(7-15(13,14)12-8)9-5-3-2-4-6-9/h2-6,10H,7H2,1H3,(H,11,12). The number of rotatable bonds is 1. The summed E-state index contributed by atoms with van der Waals surface area (Å²) in [6, 6.07) is 9.32. The predicted octanol–water partition coefficient (Wildman–Crippen LogP) is 1.08. The van der Waals surface area contributed by atoms with Crippen LogP contribution in [0.25, 0.3) is 0 Å². The quantitative estimate of drug-likeness (QED) is 0.776. The molecule has 1 aromatic rings. The Balaban J connectivity index is 2.32. The van der Waals surface area contributed by atoms with Crippen LogP contribution in [0.5, 0.6) is 0 Å². The average Bonchev–Trinajstić information content (AvgIpc) is 2.16. The van der Waals surface area contributed by atoms with Gasteiger partial charge in [-0.3, -0.25) is 0 Å². The molecule has 4 nitrogen and oxygen atoms in total. The summed E-state index contributed by atoms with van der Waals surface area (Å²) >= 11 is 0. The highest BCUT2D eigenvalue weighted by Gasteiger charge is 2.24. The summed E-state index contributed by atoms with van der Waals surface area (Å²) in [5.41, 5.74) is 0.968. The van der Waals surface area contributed by atoms with Crippen molar-refractivity contribution in [1.82, 2.24) is 5.32 Å². The van der Waals surface area contributed by atoms with Crippen LogP contribution >= 0.6 is 0 Å². The zero-order valence-corrected chi connectivity index (χ0v) is 9.16. The number of hydrogen-bond acceptors (Lipinski definition) is 3. The van der Waals surface area contributed by atoms with E-state index in [1.165, 1.54) is 0 Å². The van der Waals surface area contributed by atoms with Crippen molar-refractivity contribution >= 4 is 15.9 Å². The monoisotopic (exact) mass is 224 g/mol. The molecule has 1 aliphatic rings. The van der Waals surface area contributed by atoms with Gasteiger partial charge in [0, 0.05) is 0 Å². The highest BCUT2D eigenvalue weighted by molar-refractivity contribution is 7.90. The van der Waals surface area contributed by atoms with Gasteiger partial charge < -0.3 is 5.32 Å². The van der Waals surface area contributed by atoms with Crippen molar-refractivity contribution in [3.05, 3.63) is 35.9 Å². The molecule has 2 rings (SSSR count). The van der Waals surface area contributed by atoms with Crippen LogP contribution in [0.4, 0.5) is 0 Å². The molecular weight excluding hydrogens is 212 g/mol. The topological polar surface area (TPSA) is 58.5 Å². The maximum atomic E-state index is 11.4. The number of nitrogens with zero attached hydrogens (tertiary/aromatic N) is 1. The van der Waals surface area contributed by atoms with E-state index in [0.29, 0.717) is 5.84 Å². The molecule has 1 aromatic carbocycles. The molecule has 0 radical (unpaired) electrons. The first-order valence-electron chi connectivity index (χ1n) is 4.67. The number of benzene rings is 1. The number of sulfonamides is 1. The van der Waals surface area contributed by atoms with Crippen molar-refractivity contribution < 1.29 is 8.42 Å². The summed E-state index contributed by atoms with van der Waals surface area (Å²) in [6.45, 7) is 1.66. The second-order valence-electron chi connectivity index (χ2n) is 3.53.